The first-order valence-corrected chi connectivity index (χ1v) is 14.0. The van der Waals surface area contributed by atoms with Crippen molar-refractivity contribution in [2.75, 3.05) is 11.1 Å². The molecule has 2 amide bonds. The maximum absolute atomic E-state index is 12.8. The number of aromatic amines is 1. The van der Waals surface area contributed by atoms with Gasteiger partial charge in [-0.05, 0) is 0 Å². The van der Waals surface area contributed by atoms with Crippen molar-refractivity contribution in [3.8, 4) is 0 Å². The van der Waals surface area contributed by atoms with E-state index in [4.69, 9.17) is 5.73 Å². The first kappa shape index (κ1) is 26.0. The van der Waals surface area contributed by atoms with Gasteiger partial charge in [0.15, 0.2) is 11.2 Å². The molecule has 1 aliphatic heterocycles. The van der Waals surface area contributed by atoms with Crippen molar-refractivity contribution >= 4 is 57.5 Å². The number of aromatic nitrogens is 4. The molecule has 0 bridgehead atoms. The second-order valence-corrected chi connectivity index (χ2v) is 9.85. The summed E-state index contributed by atoms with van der Waals surface area (Å²) in [4.78, 5) is 51.8. The smallest absolute Gasteiger partial charge is 0.280 e. The van der Waals surface area contributed by atoms with Crippen molar-refractivity contribution in [2.45, 2.75) is 25.4 Å². The van der Waals surface area contributed by atoms with Crippen LogP contribution in [0.5, 0.6) is 0 Å². The van der Waals surface area contributed by atoms with Gasteiger partial charge in [-0.2, -0.15) is 4.98 Å². The predicted octanol–water partition coefficient (Wildman–Crippen LogP) is -3.29. The van der Waals surface area contributed by atoms with Gasteiger partial charge >= 0.3 is 159 Å². The summed E-state index contributed by atoms with van der Waals surface area (Å²) in [5.74, 6) is -0.643. The molecule has 16 heteroatoms. The SMILES string of the molecule is Nc1nc2ncc(CNc3ccc(C(=O)N[C@@H](CCC4=C[I-]NNN4)C(=O)NI)cc3)nc2c(=O)[nH]1. The number of hydrazine groups is 2. The summed E-state index contributed by atoms with van der Waals surface area (Å²) in [5.41, 5.74) is 13.9. The molecule has 190 valence electrons. The summed E-state index contributed by atoms with van der Waals surface area (Å²) in [6.07, 6.45) is 2.57. The molecule has 0 spiro atoms. The van der Waals surface area contributed by atoms with Crippen LogP contribution in [0.25, 0.3) is 11.2 Å². The average molecular weight is 718 g/mol. The van der Waals surface area contributed by atoms with Gasteiger partial charge in [0.05, 0.1) is 18.4 Å². The van der Waals surface area contributed by atoms with E-state index < -0.39 is 11.6 Å². The number of nitrogens with two attached hydrogens (primary N) is 1. The third kappa shape index (κ3) is 6.77. The molecule has 0 radical (unpaired) electrons. The van der Waals surface area contributed by atoms with Crippen molar-refractivity contribution in [3.63, 3.8) is 0 Å². The minimum Gasteiger partial charge on any atom is -0.291 e. The number of nitrogens with one attached hydrogen (secondary N) is 7. The van der Waals surface area contributed by atoms with Crippen LogP contribution in [0.2, 0.25) is 0 Å². The van der Waals surface area contributed by atoms with Gasteiger partial charge in [0.2, 0.25) is 5.95 Å². The first-order chi connectivity index (χ1) is 17.4. The number of hydrogen-bond donors (Lipinski definition) is 8. The Morgan fingerprint density at radius 2 is 2.00 bits per heavy atom. The molecule has 4 rings (SSSR count). The molecular formula is C20H22I2N11O3-. The van der Waals surface area contributed by atoms with Gasteiger partial charge in [-0.3, -0.25) is 9.78 Å². The normalized spacial score (nSPS) is 14.1. The Bertz CT molecular complexity index is 1350. The summed E-state index contributed by atoms with van der Waals surface area (Å²) in [7, 11) is 0. The van der Waals surface area contributed by atoms with Crippen LogP contribution in [0.1, 0.15) is 28.9 Å². The molecule has 0 saturated heterocycles. The van der Waals surface area contributed by atoms with Crippen LogP contribution in [0, 0.1) is 0 Å². The topological polar surface area (TPSA) is 204 Å². The predicted molar refractivity (Wildman–Crippen MR) is 136 cm³/mol. The molecule has 0 saturated carbocycles. The van der Waals surface area contributed by atoms with Crippen LogP contribution in [0.15, 0.2) is 45.0 Å². The molecule has 36 heavy (non-hydrogen) atoms. The quantitative estimate of drug-likeness (QED) is 0.0814. The van der Waals surface area contributed by atoms with E-state index in [0.717, 1.165) is 11.4 Å². The minimum absolute atomic E-state index is 0.0206. The second kappa shape index (κ2) is 12.2. The Kier molecular flexibility index (Phi) is 8.83. The molecule has 14 nitrogen and oxygen atoms in total. The Hall–Kier alpha value is -3.10. The van der Waals surface area contributed by atoms with Crippen LogP contribution in [-0.2, 0) is 11.3 Å². The number of nitrogen functional groups attached to an aromatic ring is 1. The number of H-pyrrole nitrogens is 1. The molecule has 9 N–H and O–H groups in total. The third-order valence-electron chi connectivity index (χ3n) is 5.04. The molecular weight excluding hydrogens is 696 g/mol. The monoisotopic (exact) mass is 718 g/mol. The number of anilines is 2. The fraction of sp³-hybridized carbons (Fsp3) is 0.200. The van der Waals surface area contributed by atoms with E-state index in [0.29, 0.717) is 30.6 Å². The molecule has 1 atom stereocenters. The molecule has 3 heterocycles. The summed E-state index contributed by atoms with van der Waals surface area (Å²) in [6, 6.07) is 6.12. The van der Waals surface area contributed by atoms with E-state index in [9.17, 15) is 14.4 Å². The van der Waals surface area contributed by atoms with Gasteiger partial charge in [0.1, 0.15) is 0 Å². The van der Waals surface area contributed by atoms with Crippen LogP contribution < -0.4 is 61.5 Å². The van der Waals surface area contributed by atoms with E-state index in [1.165, 1.54) is 6.20 Å². The summed E-state index contributed by atoms with van der Waals surface area (Å²) in [5, 5.41) is 5.97. The Morgan fingerprint density at radius 1 is 1.19 bits per heavy atom. The van der Waals surface area contributed by atoms with Gasteiger partial charge in [-0.25, -0.2) is 9.97 Å². The zero-order valence-electron chi connectivity index (χ0n) is 18.6. The maximum Gasteiger partial charge on any atom is 0.280 e. The van der Waals surface area contributed by atoms with Gasteiger partial charge in [-0.1, -0.05) is 0 Å². The number of allylic oxidation sites excluding steroid dienone is 1. The van der Waals surface area contributed by atoms with Crippen molar-refractivity contribution in [1.29, 1.82) is 0 Å². The van der Waals surface area contributed by atoms with Crippen molar-refractivity contribution in [1.82, 2.24) is 43.4 Å². The Morgan fingerprint density at radius 3 is 2.72 bits per heavy atom. The van der Waals surface area contributed by atoms with Crippen LogP contribution in [0.4, 0.5) is 11.6 Å². The number of benzene rings is 1. The number of fused-ring (bicyclic) bond motifs is 1. The Labute approximate surface area is 229 Å². The van der Waals surface area contributed by atoms with Gasteiger partial charge in [0, 0.05) is 0 Å². The molecule has 3 aromatic rings. The zero-order chi connectivity index (χ0) is 25.5. The largest absolute Gasteiger partial charge is 0.291 e. The Balaban J connectivity index is 1.35. The fourth-order valence-electron chi connectivity index (χ4n) is 3.23. The van der Waals surface area contributed by atoms with E-state index in [1.807, 2.05) is 0 Å². The molecule has 0 aliphatic carbocycles. The second-order valence-electron chi connectivity index (χ2n) is 7.53. The number of rotatable bonds is 9. The molecule has 0 unspecified atom stereocenters. The van der Waals surface area contributed by atoms with E-state index in [2.05, 4.69) is 52.8 Å². The molecule has 2 aromatic heterocycles. The standard InChI is InChI=1S/C20H22I2N11O3/c21-30-18(35)14(6-5-12-7-22-32-33-31-12)27-17(34)10-1-3-11(4-2-10)24-8-13-9-25-16-15(26-13)19(36)29-20(23)28-16/h1-4,7,9,14,24,31-33H,5-6,8H2,(H,27,34)(H,30,35)(H3,23,25,28,29,36)/q-1/t14-/m0/s1. The number of hydrogen-bond acceptors (Lipinski definition) is 11. The van der Waals surface area contributed by atoms with Crippen LogP contribution >= 0.6 is 22.9 Å². The van der Waals surface area contributed by atoms with Crippen molar-refractivity contribution < 1.29 is 31.1 Å². The maximum atomic E-state index is 12.8. The number of amides is 2. The van der Waals surface area contributed by atoms with E-state index in [1.54, 1.807) is 47.1 Å². The van der Waals surface area contributed by atoms with E-state index in [-0.39, 0.29) is 50.4 Å². The van der Waals surface area contributed by atoms with Crippen molar-refractivity contribution in [2.24, 2.45) is 0 Å². The van der Waals surface area contributed by atoms with Crippen LogP contribution in [-0.4, -0.2) is 37.8 Å². The number of nitrogens with zero attached hydrogens (tertiary/aromatic N) is 3. The zero-order valence-corrected chi connectivity index (χ0v) is 22.9. The summed E-state index contributed by atoms with van der Waals surface area (Å²) < 4.78 is 7.66. The summed E-state index contributed by atoms with van der Waals surface area (Å²) in [6.45, 7) is 0.298. The summed E-state index contributed by atoms with van der Waals surface area (Å²) >= 11 is 1.49. The van der Waals surface area contributed by atoms with Gasteiger partial charge < -0.3 is 5.73 Å². The van der Waals surface area contributed by atoms with Gasteiger partial charge in [-0.15, -0.1) is 0 Å². The van der Waals surface area contributed by atoms with E-state index >= 15 is 0 Å². The molecule has 1 aromatic carbocycles. The number of carbonyl (C=O) groups is 2. The van der Waals surface area contributed by atoms with Gasteiger partial charge in [0.25, 0.3) is 5.56 Å². The van der Waals surface area contributed by atoms with Crippen LogP contribution in [0.3, 0.4) is 0 Å². The number of carbonyl (C=O) groups excluding carboxylic acids is 2. The van der Waals surface area contributed by atoms with Crippen molar-refractivity contribution in [3.05, 3.63) is 61.9 Å². The first-order valence-electron chi connectivity index (χ1n) is 10.6. The number of halogens is 2. The molecule has 0 fully saturated rings. The third-order valence-corrected chi connectivity index (χ3v) is 7.21. The fourth-order valence-corrected chi connectivity index (χ4v) is 4.90. The average Bonchev–Trinajstić information content (AvgIpc) is 2.90. The molecule has 1 aliphatic rings. The minimum atomic E-state index is -0.678.